The Bertz CT molecular complexity index is 1510. The van der Waals surface area contributed by atoms with Crippen LogP contribution in [0.1, 0.15) is 89.7 Å². The van der Waals surface area contributed by atoms with Crippen molar-refractivity contribution in [2.24, 2.45) is 16.7 Å². The number of aliphatic hydroxyl groups excluding tert-OH is 1. The molecular formula is C39H55N3O8. The van der Waals surface area contributed by atoms with Gasteiger partial charge in [0.15, 0.2) is 0 Å². The number of aliphatic carboxylic acids is 1. The van der Waals surface area contributed by atoms with Gasteiger partial charge in [-0.2, -0.15) is 0 Å². The van der Waals surface area contributed by atoms with Crippen LogP contribution >= 0.6 is 0 Å². The molecule has 0 aromatic heterocycles. The highest BCUT2D eigenvalue weighted by atomic mass is 16.6. The first-order chi connectivity index (χ1) is 23.5. The smallest absolute Gasteiger partial charge is 0.326 e. The number of aryl methyl sites for hydroxylation is 1. The number of benzene rings is 2. The third-order valence-electron chi connectivity index (χ3n) is 9.14. The SMILES string of the molecule is CCc1cc(C[C@@H](NC(=O)/C=C/CC[C@H](C)C2OC2c2ccc(CO)cc2)C(=O)NCC(C)(C)C(=O)N[C@H](C(=O)O)C(C)(C)C)ccc1OC. The molecule has 1 saturated heterocycles. The molecule has 0 spiro atoms. The zero-order valence-electron chi connectivity index (χ0n) is 30.7. The first-order valence-corrected chi connectivity index (χ1v) is 17.3. The number of rotatable bonds is 18. The summed E-state index contributed by atoms with van der Waals surface area (Å²) in [6, 6.07) is 11.3. The lowest BCUT2D eigenvalue weighted by molar-refractivity contribution is -0.146. The summed E-state index contributed by atoms with van der Waals surface area (Å²) < 4.78 is 11.4. The van der Waals surface area contributed by atoms with Gasteiger partial charge in [-0.3, -0.25) is 14.4 Å². The molecule has 5 N–H and O–H groups in total. The van der Waals surface area contributed by atoms with Gasteiger partial charge in [-0.1, -0.05) is 77.1 Å². The lowest BCUT2D eigenvalue weighted by atomic mass is 9.85. The third-order valence-corrected chi connectivity index (χ3v) is 9.14. The van der Waals surface area contributed by atoms with E-state index in [1.54, 1.807) is 47.8 Å². The molecule has 0 aliphatic carbocycles. The average Bonchev–Trinajstić information content (AvgIpc) is 3.88. The number of ether oxygens (including phenoxy) is 2. The van der Waals surface area contributed by atoms with Crippen molar-refractivity contribution in [3.05, 3.63) is 76.9 Å². The molecule has 0 saturated carbocycles. The summed E-state index contributed by atoms with van der Waals surface area (Å²) in [5, 5.41) is 27.2. The van der Waals surface area contributed by atoms with Crippen molar-refractivity contribution in [3.63, 3.8) is 0 Å². The lowest BCUT2D eigenvalue weighted by Gasteiger charge is -2.32. The minimum atomic E-state index is -1.14. The highest BCUT2D eigenvalue weighted by Crippen LogP contribution is 2.44. The van der Waals surface area contributed by atoms with Crippen LogP contribution in [-0.4, -0.2) is 65.7 Å². The number of amides is 3. The van der Waals surface area contributed by atoms with Crippen molar-refractivity contribution < 1.29 is 38.9 Å². The van der Waals surface area contributed by atoms with Crippen molar-refractivity contribution in [2.75, 3.05) is 13.7 Å². The second-order valence-corrected chi connectivity index (χ2v) is 14.9. The van der Waals surface area contributed by atoms with Crippen LogP contribution in [0.3, 0.4) is 0 Å². The number of epoxide rings is 1. The van der Waals surface area contributed by atoms with E-state index < -0.39 is 46.6 Å². The first kappa shape index (κ1) is 40.2. The van der Waals surface area contributed by atoms with Gasteiger partial charge in [0.2, 0.25) is 17.7 Å². The van der Waals surface area contributed by atoms with Crippen LogP contribution in [0.4, 0.5) is 0 Å². The van der Waals surface area contributed by atoms with E-state index in [1.807, 2.05) is 49.4 Å². The summed E-state index contributed by atoms with van der Waals surface area (Å²) in [7, 11) is 1.60. The molecule has 3 amide bonds. The molecule has 5 atom stereocenters. The maximum absolute atomic E-state index is 13.6. The number of allylic oxidation sites excluding steroid dienone is 1. The fourth-order valence-corrected chi connectivity index (χ4v) is 5.74. The van der Waals surface area contributed by atoms with Crippen molar-refractivity contribution >= 4 is 23.7 Å². The standard InChI is InChI=1S/C39H55N3O8/c1-9-27-20-26(16-19-30(27)49-8)21-29(35(45)40-23-39(6,7)37(48)42-34(36(46)47)38(3,4)5)41-31(44)13-11-10-12-24(2)32-33(50-32)28-17-14-25(22-43)15-18-28/h11,13-20,24,29,32-34,43H,9-10,12,21-23H2,1-8H3,(H,40,45)(H,41,44)(H,42,48)(H,46,47)/b13-11+/t24-,29+,32?,33?,34+/m0/s1. The van der Waals surface area contributed by atoms with E-state index in [0.717, 1.165) is 40.8 Å². The topological polar surface area (TPSA) is 167 Å². The van der Waals surface area contributed by atoms with Crippen LogP contribution < -0.4 is 20.7 Å². The summed E-state index contributed by atoms with van der Waals surface area (Å²) in [6.45, 7) is 12.5. The van der Waals surface area contributed by atoms with Gasteiger partial charge >= 0.3 is 5.97 Å². The molecule has 1 aliphatic heterocycles. The van der Waals surface area contributed by atoms with E-state index in [2.05, 4.69) is 22.9 Å². The summed E-state index contributed by atoms with van der Waals surface area (Å²) in [5.74, 6) is -1.53. The van der Waals surface area contributed by atoms with Gasteiger partial charge in [0.25, 0.3) is 0 Å². The predicted octanol–water partition coefficient (Wildman–Crippen LogP) is 4.65. The van der Waals surface area contributed by atoms with Gasteiger partial charge in [0.1, 0.15) is 23.9 Å². The third kappa shape index (κ3) is 11.4. The highest BCUT2D eigenvalue weighted by Gasteiger charge is 2.43. The van der Waals surface area contributed by atoms with Crippen molar-refractivity contribution in [1.29, 1.82) is 0 Å². The van der Waals surface area contributed by atoms with Gasteiger partial charge in [-0.15, -0.1) is 0 Å². The van der Waals surface area contributed by atoms with Gasteiger partial charge in [0, 0.05) is 13.0 Å². The van der Waals surface area contributed by atoms with Gasteiger partial charge in [-0.25, -0.2) is 4.79 Å². The van der Waals surface area contributed by atoms with E-state index in [4.69, 9.17) is 9.47 Å². The van der Waals surface area contributed by atoms with Gasteiger partial charge < -0.3 is 35.6 Å². The molecule has 3 rings (SSSR count). The lowest BCUT2D eigenvalue weighted by Crippen LogP contribution is -2.56. The molecule has 2 aromatic rings. The number of nitrogens with one attached hydrogen (secondary N) is 3. The number of carbonyl (C=O) groups is 4. The fourth-order valence-electron chi connectivity index (χ4n) is 5.74. The summed E-state index contributed by atoms with van der Waals surface area (Å²) in [5.41, 5.74) is 1.88. The first-order valence-electron chi connectivity index (χ1n) is 17.3. The molecular weight excluding hydrogens is 638 g/mol. The minimum absolute atomic E-state index is 0.00349. The second kappa shape index (κ2) is 17.6. The van der Waals surface area contributed by atoms with E-state index >= 15 is 0 Å². The van der Waals surface area contributed by atoms with E-state index in [1.165, 1.54) is 6.08 Å². The molecule has 274 valence electrons. The Morgan fingerprint density at radius 2 is 1.66 bits per heavy atom. The highest BCUT2D eigenvalue weighted by molar-refractivity contribution is 5.93. The maximum Gasteiger partial charge on any atom is 0.326 e. The molecule has 11 heteroatoms. The monoisotopic (exact) mass is 693 g/mol. The molecule has 0 radical (unpaired) electrons. The Hall–Kier alpha value is -4.22. The molecule has 0 bridgehead atoms. The number of carboxylic acid groups (broad SMARTS) is 1. The van der Waals surface area contributed by atoms with Gasteiger partial charge in [0.05, 0.1) is 25.2 Å². The Morgan fingerprint density at radius 1 is 1.00 bits per heavy atom. The van der Waals surface area contributed by atoms with Crippen LogP contribution in [0.2, 0.25) is 0 Å². The molecule has 2 unspecified atom stereocenters. The van der Waals surface area contributed by atoms with Crippen LogP contribution in [0.25, 0.3) is 0 Å². The van der Waals surface area contributed by atoms with Gasteiger partial charge in [-0.05, 0) is 78.8 Å². The van der Waals surface area contributed by atoms with E-state index in [0.29, 0.717) is 6.42 Å². The number of carbonyl (C=O) groups excluding carboxylic acids is 3. The fraction of sp³-hybridized carbons (Fsp3) is 0.538. The molecule has 1 fully saturated rings. The Balaban J connectivity index is 1.63. The molecule has 1 heterocycles. The van der Waals surface area contributed by atoms with Crippen LogP contribution in [0.15, 0.2) is 54.6 Å². The molecule has 1 aliphatic rings. The Kier molecular flexibility index (Phi) is 14.2. The zero-order valence-corrected chi connectivity index (χ0v) is 30.7. The zero-order chi connectivity index (χ0) is 37.2. The van der Waals surface area contributed by atoms with Crippen LogP contribution in [-0.2, 0) is 43.4 Å². The largest absolute Gasteiger partial charge is 0.496 e. The quantitative estimate of drug-likeness (QED) is 0.111. The summed E-state index contributed by atoms with van der Waals surface area (Å²) in [6.07, 6.45) is 5.74. The van der Waals surface area contributed by atoms with Crippen molar-refractivity contribution in [1.82, 2.24) is 16.0 Å². The number of aliphatic hydroxyl groups is 1. The Morgan fingerprint density at radius 3 is 2.24 bits per heavy atom. The number of carboxylic acids is 1. The minimum Gasteiger partial charge on any atom is -0.496 e. The van der Waals surface area contributed by atoms with E-state index in [9.17, 15) is 29.4 Å². The summed E-state index contributed by atoms with van der Waals surface area (Å²) >= 11 is 0. The average molecular weight is 694 g/mol. The summed E-state index contributed by atoms with van der Waals surface area (Å²) in [4.78, 5) is 51.6. The normalized spacial score (nSPS) is 17.8. The molecule has 2 aromatic carbocycles. The number of hydrogen-bond acceptors (Lipinski definition) is 7. The van der Waals surface area contributed by atoms with Crippen LogP contribution in [0.5, 0.6) is 5.75 Å². The predicted molar refractivity (Wildman–Crippen MR) is 191 cm³/mol. The number of hydrogen-bond donors (Lipinski definition) is 5. The second-order valence-electron chi connectivity index (χ2n) is 14.9. The Labute approximate surface area is 296 Å². The number of methoxy groups -OCH3 is 1. The van der Waals surface area contributed by atoms with Crippen molar-refractivity contribution in [2.45, 2.75) is 105 Å². The van der Waals surface area contributed by atoms with Crippen molar-refractivity contribution in [3.8, 4) is 5.75 Å². The molecule has 50 heavy (non-hydrogen) atoms. The van der Waals surface area contributed by atoms with E-state index in [-0.39, 0.29) is 37.7 Å². The van der Waals surface area contributed by atoms with Crippen LogP contribution in [0, 0.1) is 16.7 Å². The maximum atomic E-state index is 13.6. The molecule has 11 nitrogen and oxygen atoms in total.